The smallest absolute Gasteiger partial charge is 0.145 e. The molecule has 9 aromatic carbocycles. The number of nitrogens with zero attached hydrogens (tertiary/aromatic N) is 2. The molecule has 10 rings (SSSR count). The van der Waals surface area contributed by atoms with E-state index in [-0.39, 0.29) is 5.41 Å². The summed E-state index contributed by atoms with van der Waals surface area (Å²) in [4.78, 5) is 5.45. The Morgan fingerprint density at radius 2 is 1.10 bits per heavy atom. The lowest BCUT2D eigenvalue weighted by molar-refractivity contribution is 0.590. The lowest BCUT2D eigenvalue weighted by Crippen LogP contribution is -2.11. The van der Waals surface area contributed by atoms with Crippen LogP contribution in [0, 0.1) is 0 Å². The normalized spacial score (nSPS) is 12.5. The van der Waals surface area contributed by atoms with Crippen LogP contribution in [-0.2, 0) is 5.41 Å². The van der Waals surface area contributed by atoms with E-state index in [9.17, 15) is 0 Å². The maximum atomic E-state index is 5.45. The molecule has 0 saturated heterocycles. The first-order chi connectivity index (χ1) is 24.9. The molecule has 0 atom stereocenters. The minimum atomic E-state index is 0.0716. The molecule has 242 valence electrons. The monoisotopic (exact) mass is 652 g/mol. The molecule has 0 aliphatic heterocycles. The van der Waals surface area contributed by atoms with E-state index in [0.717, 1.165) is 33.7 Å². The largest absolute Gasteiger partial charge is 0.292 e. The third-order valence-electron chi connectivity index (χ3n) is 10.7. The number of rotatable bonds is 4. The van der Waals surface area contributed by atoms with E-state index in [4.69, 9.17) is 4.98 Å². The molecule has 0 aliphatic carbocycles. The zero-order chi connectivity index (χ0) is 34.3. The summed E-state index contributed by atoms with van der Waals surface area (Å²) in [5.74, 6) is 0.942. The predicted molar refractivity (Wildman–Crippen MR) is 219 cm³/mol. The SMILES string of the molecule is CC(C)(C)c1ccc(-n2c(-c3ccc(/C=C/c4ccc5ccc6cccc7ccc4c5c67)cc3)nc3c4ccccc4c4ccccc4c32)cc1. The molecule has 0 saturated carbocycles. The van der Waals surface area contributed by atoms with Crippen LogP contribution in [0.15, 0.2) is 152 Å². The number of hydrogen-bond acceptors (Lipinski definition) is 1. The first kappa shape index (κ1) is 29.6. The Labute approximate surface area is 297 Å². The van der Waals surface area contributed by atoms with Crippen LogP contribution in [0.25, 0.3) is 94.1 Å². The van der Waals surface area contributed by atoms with Crippen LogP contribution in [0.5, 0.6) is 0 Å². The van der Waals surface area contributed by atoms with Crippen molar-refractivity contribution in [1.29, 1.82) is 0 Å². The van der Waals surface area contributed by atoms with Gasteiger partial charge in [0.05, 0.1) is 11.0 Å². The van der Waals surface area contributed by atoms with Crippen molar-refractivity contribution in [1.82, 2.24) is 9.55 Å². The number of fused-ring (bicyclic) bond motifs is 6. The molecule has 10 aromatic rings. The van der Waals surface area contributed by atoms with Crippen molar-refractivity contribution in [2.24, 2.45) is 0 Å². The fourth-order valence-electron chi connectivity index (χ4n) is 8.09. The highest BCUT2D eigenvalue weighted by Gasteiger charge is 2.21. The van der Waals surface area contributed by atoms with E-state index in [2.05, 4.69) is 189 Å². The van der Waals surface area contributed by atoms with Crippen molar-refractivity contribution in [2.45, 2.75) is 26.2 Å². The van der Waals surface area contributed by atoms with E-state index in [1.165, 1.54) is 65.0 Å². The van der Waals surface area contributed by atoms with Gasteiger partial charge in [0.25, 0.3) is 0 Å². The summed E-state index contributed by atoms with van der Waals surface area (Å²) in [7, 11) is 0. The van der Waals surface area contributed by atoms with Crippen molar-refractivity contribution >= 4 is 77.0 Å². The molecule has 2 nitrogen and oxygen atoms in total. The van der Waals surface area contributed by atoms with Gasteiger partial charge in [-0.2, -0.15) is 0 Å². The molecule has 2 heteroatoms. The van der Waals surface area contributed by atoms with Gasteiger partial charge in [0.1, 0.15) is 5.82 Å². The maximum Gasteiger partial charge on any atom is 0.145 e. The van der Waals surface area contributed by atoms with Crippen molar-refractivity contribution in [3.8, 4) is 17.1 Å². The first-order valence-corrected chi connectivity index (χ1v) is 17.8. The molecule has 0 unspecified atom stereocenters. The first-order valence-electron chi connectivity index (χ1n) is 17.8. The third kappa shape index (κ3) is 4.67. The van der Waals surface area contributed by atoms with Crippen LogP contribution in [0.2, 0.25) is 0 Å². The molecule has 0 bridgehead atoms. The average Bonchev–Trinajstić information content (AvgIpc) is 3.58. The highest BCUT2D eigenvalue weighted by atomic mass is 15.1. The van der Waals surface area contributed by atoms with Gasteiger partial charge in [-0.15, -0.1) is 0 Å². The number of aromatic nitrogens is 2. The molecular weight excluding hydrogens is 617 g/mol. The van der Waals surface area contributed by atoms with E-state index >= 15 is 0 Å². The van der Waals surface area contributed by atoms with Crippen LogP contribution < -0.4 is 0 Å². The standard InChI is InChI=1S/C49H36N2/c1-49(2,3)37-26-28-38(29-27-37)51-47-43-14-7-5-12-41(43)40-11-4-6-13-42(40)46(47)50-48(51)36-19-16-31(17-20-36)15-18-32-21-22-35-24-23-33-9-8-10-34-25-30-39(32)45(35)44(33)34/h4-30H,1-3H3/b18-15+. The van der Waals surface area contributed by atoms with Crippen LogP contribution >= 0.6 is 0 Å². The summed E-state index contributed by atoms with van der Waals surface area (Å²) in [6.07, 6.45) is 4.48. The summed E-state index contributed by atoms with van der Waals surface area (Å²) in [5.41, 5.74) is 8.12. The van der Waals surface area contributed by atoms with Gasteiger partial charge in [-0.3, -0.25) is 4.57 Å². The van der Waals surface area contributed by atoms with E-state index in [0.29, 0.717) is 0 Å². The van der Waals surface area contributed by atoms with Crippen LogP contribution in [0.3, 0.4) is 0 Å². The molecule has 0 spiro atoms. The van der Waals surface area contributed by atoms with Gasteiger partial charge in [-0.05, 0) is 77.3 Å². The second-order valence-corrected chi connectivity index (χ2v) is 14.8. The van der Waals surface area contributed by atoms with Gasteiger partial charge in [0.15, 0.2) is 0 Å². The molecule has 0 N–H and O–H groups in total. The maximum absolute atomic E-state index is 5.45. The Morgan fingerprint density at radius 3 is 1.80 bits per heavy atom. The molecular formula is C49H36N2. The second-order valence-electron chi connectivity index (χ2n) is 14.8. The minimum absolute atomic E-state index is 0.0716. The van der Waals surface area contributed by atoms with E-state index < -0.39 is 0 Å². The van der Waals surface area contributed by atoms with Gasteiger partial charge in [-0.25, -0.2) is 4.98 Å². The van der Waals surface area contributed by atoms with Gasteiger partial charge in [-0.1, -0.05) is 172 Å². The molecule has 0 radical (unpaired) electrons. The van der Waals surface area contributed by atoms with E-state index in [1.54, 1.807) is 0 Å². The lowest BCUT2D eigenvalue weighted by atomic mass is 9.87. The number of benzene rings is 9. The molecule has 1 heterocycles. The number of hydrogen-bond donors (Lipinski definition) is 0. The molecule has 1 aromatic heterocycles. The summed E-state index contributed by atoms with van der Waals surface area (Å²) >= 11 is 0. The van der Waals surface area contributed by atoms with Crippen LogP contribution in [0.1, 0.15) is 37.5 Å². The molecule has 0 fully saturated rings. The van der Waals surface area contributed by atoms with E-state index in [1.807, 2.05) is 0 Å². The second kappa shape index (κ2) is 11.1. The quantitative estimate of drug-likeness (QED) is 0.137. The van der Waals surface area contributed by atoms with Gasteiger partial charge in [0.2, 0.25) is 0 Å². The van der Waals surface area contributed by atoms with Gasteiger partial charge < -0.3 is 0 Å². The predicted octanol–water partition coefficient (Wildman–Crippen LogP) is 13.4. The molecule has 0 aliphatic rings. The fraction of sp³-hybridized carbons (Fsp3) is 0.0816. The Hall–Kier alpha value is -6.25. The lowest BCUT2D eigenvalue weighted by Gasteiger charge is -2.20. The van der Waals surface area contributed by atoms with Crippen molar-refractivity contribution in [3.63, 3.8) is 0 Å². The fourth-order valence-corrected chi connectivity index (χ4v) is 8.09. The topological polar surface area (TPSA) is 17.8 Å². The zero-order valence-electron chi connectivity index (χ0n) is 29.0. The van der Waals surface area contributed by atoms with Crippen LogP contribution in [-0.4, -0.2) is 9.55 Å². The average molecular weight is 653 g/mol. The summed E-state index contributed by atoms with van der Waals surface area (Å²) in [6.45, 7) is 6.79. The van der Waals surface area contributed by atoms with Crippen molar-refractivity contribution in [3.05, 3.63) is 168 Å². The highest BCUT2D eigenvalue weighted by molar-refractivity contribution is 6.25. The van der Waals surface area contributed by atoms with Crippen molar-refractivity contribution in [2.75, 3.05) is 0 Å². The summed E-state index contributed by atoms with van der Waals surface area (Å²) in [6, 6.07) is 55.4. The van der Waals surface area contributed by atoms with Gasteiger partial charge in [0, 0.05) is 22.0 Å². The summed E-state index contributed by atoms with van der Waals surface area (Å²) in [5, 5.41) is 12.7. The molecule has 51 heavy (non-hydrogen) atoms. The highest BCUT2D eigenvalue weighted by Crippen LogP contribution is 2.40. The van der Waals surface area contributed by atoms with Crippen molar-refractivity contribution < 1.29 is 0 Å². The Morgan fingerprint density at radius 1 is 0.490 bits per heavy atom. The Kier molecular flexibility index (Phi) is 6.47. The van der Waals surface area contributed by atoms with Crippen LogP contribution in [0.4, 0.5) is 0 Å². The van der Waals surface area contributed by atoms with Gasteiger partial charge >= 0.3 is 0 Å². The Bertz CT molecular complexity index is 2960. The molecule has 0 amide bonds. The Balaban J connectivity index is 1.11. The zero-order valence-corrected chi connectivity index (χ0v) is 29.0. The number of imidazole rings is 1. The summed E-state index contributed by atoms with van der Waals surface area (Å²) < 4.78 is 2.37. The third-order valence-corrected chi connectivity index (χ3v) is 10.7. The minimum Gasteiger partial charge on any atom is -0.292 e.